The fourth-order valence-corrected chi connectivity index (χ4v) is 3.72. The standard InChI is InChI=1S/C13H24N2OS/c1-2-10-3-5-11(6-4-10)7-14-13(16)12-8-17-9-15-12/h10-12,15H,2-9H2,1H3,(H,14,16). The van der Waals surface area contributed by atoms with E-state index in [0.717, 1.165) is 30.0 Å². The van der Waals surface area contributed by atoms with Gasteiger partial charge in [-0.3, -0.25) is 10.1 Å². The molecule has 98 valence electrons. The van der Waals surface area contributed by atoms with Crippen molar-refractivity contribution in [2.24, 2.45) is 11.8 Å². The first kappa shape index (κ1) is 13.2. The first-order chi connectivity index (χ1) is 8.29. The minimum atomic E-state index is 0.0481. The molecule has 1 unspecified atom stereocenters. The van der Waals surface area contributed by atoms with Crippen LogP contribution in [0.2, 0.25) is 0 Å². The molecule has 0 aromatic rings. The zero-order valence-electron chi connectivity index (χ0n) is 10.7. The lowest BCUT2D eigenvalue weighted by Crippen LogP contribution is -2.43. The van der Waals surface area contributed by atoms with Gasteiger partial charge >= 0.3 is 0 Å². The third-order valence-electron chi connectivity index (χ3n) is 4.14. The second-order valence-electron chi connectivity index (χ2n) is 5.31. The fourth-order valence-electron chi connectivity index (χ4n) is 2.78. The van der Waals surface area contributed by atoms with Crippen LogP contribution >= 0.6 is 11.8 Å². The highest BCUT2D eigenvalue weighted by atomic mass is 32.2. The number of rotatable bonds is 4. The van der Waals surface area contributed by atoms with Crippen LogP contribution in [0, 0.1) is 11.8 Å². The molecule has 0 spiro atoms. The van der Waals surface area contributed by atoms with Crippen LogP contribution < -0.4 is 10.6 Å². The number of hydrogen-bond acceptors (Lipinski definition) is 3. The van der Waals surface area contributed by atoms with Crippen LogP contribution in [0.15, 0.2) is 0 Å². The molecular formula is C13H24N2OS. The second-order valence-corrected chi connectivity index (χ2v) is 6.34. The molecule has 0 aromatic carbocycles. The van der Waals surface area contributed by atoms with E-state index in [9.17, 15) is 4.79 Å². The van der Waals surface area contributed by atoms with Gasteiger partial charge in [0.15, 0.2) is 0 Å². The number of carbonyl (C=O) groups is 1. The summed E-state index contributed by atoms with van der Waals surface area (Å²) in [4.78, 5) is 11.8. The fraction of sp³-hybridized carbons (Fsp3) is 0.923. The van der Waals surface area contributed by atoms with Crippen LogP contribution in [0.1, 0.15) is 39.0 Å². The molecular weight excluding hydrogens is 232 g/mol. The molecule has 1 aliphatic heterocycles. The summed E-state index contributed by atoms with van der Waals surface area (Å²) in [6.45, 7) is 3.17. The topological polar surface area (TPSA) is 41.1 Å². The van der Waals surface area contributed by atoms with Gasteiger partial charge in [-0.1, -0.05) is 26.2 Å². The Hall–Kier alpha value is -0.220. The normalized spacial score (nSPS) is 33.6. The summed E-state index contributed by atoms with van der Waals surface area (Å²) in [5.74, 6) is 3.70. The molecule has 0 aromatic heterocycles. The lowest BCUT2D eigenvalue weighted by atomic mass is 9.81. The van der Waals surface area contributed by atoms with Crippen molar-refractivity contribution >= 4 is 17.7 Å². The highest BCUT2D eigenvalue weighted by Crippen LogP contribution is 2.30. The Morgan fingerprint density at radius 2 is 2.00 bits per heavy atom. The summed E-state index contributed by atoms with van der Waals surface area (Å²) in [6.07, 6.45) is 6.63. The van der Waals surface area contributed by atoms with Gasteiger partial charge < -0.3 is 5.32 Å². The molecule has 1 aliphatic carbocycles. The number of hydrogen-bond donors (Lipinski definition) is 2. The summed E-state index contributed by atoms with van der Waals surface area (Å²) >= 11 is 1.80. The summed E-state index contributed by atoms with van der Waals surface area (Å²) in [6, 6.07) is 0.0481. The number of thioether (sulfide) groups is 1. The van der Waals surface area contributed by atoms with Gasteiger partial charge in [0.05, 0.1) is 6.04 Å². The average molecular weight is 256 g/mol. The lowest BCUT2D eigenvalue weighted by Gasteiger charge is -2.28. The predicted molar refractivity (Wildman–Crippen MR) is 73.0 cm³/mol. The summed E-state index contributed by atoms with van der Waals surface area (Å²) in [7, 11) is 0. The van der Waals surface area contributed by atoms with Crippen LogP contribution in [0.3, 0.4) is 0 Å². The molecule has 1 saturated heterocycles. The van der Waals surface area contributed by atoms with Gasteiger partial charge in [-0.15, -0.1) is 11.8 Å². The Morgan fingerprint density at radius 1 is 1.29 bits per heavy atom. The third kappa shape index (κ3) is 3.88. The second kappa shape index (κ2) is 6.64. The van der Waals surface area contributed by atoms with E-state index >= 15 is 0 Å². The highest BCUT2D eigenvalue weighted by Gasteiger charge is 2.24. The van der Waals surface area contributed by atoms with E-state index in [0.29, 0.717) is 0 Å². The molecule has 2 fully saturated rings. The Kier molecular flexibility index (Phi) is 5.16. The molecule has 1 saturated carbocycles. The molecule has 17 heavy (non-hydrogen) atoms. The third-order valence-corrected chi connectivity index (χ3v) is 5.08. The summed E-state index contributed by atoms with van der Waals surface area (Å²) in [5.41, 5.74) is 0. The largest absolute Gasteiger partial charge is 0.354 e. The van der Waals surface area contributed by atoms with Crippen molar-refractivity contribution in [2.45, 2.75) is 45.1 Å². The van der Waals surface area contributed by atoms with Gasteiger partial charge in [0.1, 0.15) is 0 Å². The molecule has 4 heteroatoms. The molecule has 1 heterocycles. The van der Waals surface area contributed by atoms with Crippen LogP contribution in [0.5, 0.6) is 0 Å². The van der Waals surface area contributed by atoms with Crippen molar-refractivity contribution in [2.75, 3.05) is 18.2 Å². The summed E-state index contributed by atoms with van der Waals surface area (Å²) < 4.78 is 0. The Bertz CT molecular complexity index is 246. The van der Waals surface area contributed by atoms with E-state index in [1.165, 1.54) is 32.1 Å². The quantitative estimate of drug-likeness (QED) is 0.808. The highest BCUT2D eigenvalue weighted by molar-refractivity contribution is 7.99. The van der Waals surface area contributed by atoms with Crippen LogP contribution in [0.25, 0.3) is 0 Å². The van der Waals surface area contributed by atoms with E-state index in [1.807, 2.05) is 0 Å². The van der Waals surface area contributed by atoms with Gasteiger partial charge in [-0.25, -0.2) is 0 Å². The monoisotopic (exact) mass is 256 g/mol. The average Bonchev–Trinajstić information content (AvgIpc) is 2.90. The molecule has 1 atom stereocenters. The Labute approximate surface area is 108 Å². The molecule has 2 rings (SSSR count). The van der Waals surface area contributed by atoms with E-state index < -0.39 is 0 Å². The SMILES string of the molecule is CCC1CCC(CNC(=O)C2CSCN2)CC1. The van der Waals surface area contributed by atoms with Crippen molar-refractivity contribution in [3.63, 3.8) is 0 Å². The maximum absolute atomic E-state index is 11.8. The molecule has 1 amide bonds. The maximum atomic E-state index is 11.8. The van der Waals surface area contributed by atoms with Crippen molar-refractivity contribution in [3.05, 3.63) is 0 Å². The van der Waals surface area contributed by atoms with E-state index in [2.05, 4.69) is 17.6 Å². The minimum absolute atomic E-state index is 0.0481. The van der Waals surface area contributed by atoms with Crippen LogP contribution in [0.4, 0.5) is 0 Å². The minimum Gasteiger partial charge on any atom is -0.354 e. The molecule has 2 aliphatic rings. The number of nitrogens with one attached hydrogen (secondary N) is 2. The maximum Gasteiger partial charge on any atom is 0.238 e. The van der Waals surface area contributed by atoms with Crippen LogP contribution in [-0.2, 0) is 4.79 Å². The van der Waals surface area contributed by atoms with Crippen molar-refractivity contribution < 1.29 is 4.79 Å². The first-order valence-corrected chi connectivity index (χ1v) is 8.04. The Balaban J connectivity index is 1.63. The number of amides is 1. The van der Waals surface area contributed by atoms with Crippen molar-refractivity contribution in [1.82, 2.24) is 10.6 Å². The number of carbonyl (C=O) groups excluding carboxylic acids is 1. The van der Waals surface area contributed by atoms with E-state index in [4.69, 9.17) is 0 Å². The molecule has 2 N–H and O–H groups in total. The first-order valence-electron chi connectivity index (χ1n) is 6.88. The molecule has 0 bridgehead atoms. The van der Waals surface area contributed by atoms with Gasteiger partial charge in [0.2, 0.25) is 5.91 Å². The molecule has 0 radical (unpaired) electrons. The Morgan fingerprint density at radius 3 is 2.59 bits per heavy atom. The molecule has 3 nitrogen and oxygen atoms in total. The van der Waals surface area contributed by atoms with E-state index in [-0.39, 0.29) is 11.9 Å². The van der Waals surface area contributed by atoms with Crippen LogP contribution in [-0.4, -0.2) is 30.1 Å². The predicted octanol–water partition coefficient (Wildman–Crippen LogP) is 1.98. The van der Waals surface area contributed by atoms with Gasteiger partial charge in [0, 0.05) is 18.2 Å². The van der Waals surface area contributed by atoms with Crippen molar-refractivity contribution in [3.8, 4) is 0 Å². The van der Waals surface area contributed by atoms with Gasteiger partial charge in [-0.2, -0.15) is 0 Å². The van der Waals surface area contributed by atoms with Crippen molar-refractivity contribution in [1.29, 1.82) is 0 Å². The lowest BCUT2D eigenvalue weighted by molar-refractivity contribution is -0.122. The summed E-state index contributed by atoms with van der Waals surface area (Å²) in [5, 5.41) is 6.32. The zero-order valence-corrected chi connectivity index (χ0v) is 11.5. The van der Waals surface area contributed by atoms with Gasteiger partial charge in [-0.05, 0) is 24.7 Å². The van der Waals surface area contributed by atoms with Gasteiger partial charge in [0.25, 0.3) is 0 Å². The zero-order chi connectivity index (χ0) is 12.1. The smallest absolute Gasteiger partial charge is 0.238 e. The van der Waals surface area contributed by atoms with E-state index in [1.54, 1.807) is 11.8 Å².